The van der Waals surface area contributed by atoms with Crippen molar-refractivity contribution in [3.63, 3.8) is 0 Å². The molecule has 2 aromatic rings. The molecule has 17 heavy (non-hydrogen) atoms. The molecule has 0 fully saturated rings. The average molecular weight is 313 g/mol. The fourth-order valence-corrected chi connectivity index (χ4v) is 2.57. The molecule has 0 aliphatic rings. The van der Waals surface area contributed by atoms with Gasteiger partial charge in [-0.2, -0.15) is 0 Å². The molecule has 0 aromatic carbocycles. The van der Waals surface area contributed by atoms with Crippen molar-refractivity contribution in [2.75, 3.05) is 12.4 Å². The van der Waals surface area contributed by atoms with Crippen LogP contribution < -0.4 is 5.32 Å². The van der Waals surface area contributed by atoms with E-state index in [2.05, 4.69) is 50.3 Å². The molecule has 2 rings (SSSR count). The van der Waals surface area contributed by atoms with Crippen molar-refractivity contribution >= 4 is 33.1 Å². The van der Waals surface area contributed by atoms with Gasteiger partial charge < -0.3 is 5.32 Å². The predicted molar refractivity (Wildman–Crippen MR) is 74.5 cm³/mol. The molecule has 0 saturated carbocycles. The van der Waals surface area contributed by atoms with E-state index in [9.17, 15) is 0 Å². The Morgan fingerprint density at radius 2 is 2.12 bits per heavy atom. The van der Waals surface area contributed by atoms with Crippen LogP contribution in [0.2, 0.25) is 0 Å². The van der Waals surface area contributed by atoms with E-state index in [0.29, 0.717) is 5.92 Å². The molecular formula is C11H13BrN4S. The number of hydrogen-bond acceptors (Lipinski definition) is 5. The van der Waals surface area contributed by atoms with Crippen LogP contribution in [0.1, 0.15) is 24.8 Å². The summed E-state index contributed by atoms with van der Waals surface area (Å²) >= 11 is 5.03. The average Bonchev–Trinajstić information content (AvgIpc) is 2.78. The van der Waals surface area contributed by atoms with E-state index in [1.165, 1.54) is 0 Å². The van der Waals surface area contributed by atoms with E-state index in [1.807, 2.05) is 13.1 Å². The molecule has 2 heterocycles. The first-order valence-electron chi connectivity index (χ1n) is 5.29. The minimum atomic E-state index is 0.402. The monoisotopic (exact) mass is 312 g/mol. The van der Waals surface area contributed by atoms with Gasteiger partial charge >= 0.3 is 0 Å². The van der Waals surface area contributed by atoms with Gasteiger partial charge in [-0.1, -0.05) is 25.2 Å². The first kappa shape index (κ1) is 12.4. The number of hydrogen-bond donors (Lipinski definition) is 1. The lowest BCUT2D eigenvalue weighted by molar-refractivity contribution is 0.825. The maximum atomic E-state index is 4.31. The van der Waals surface area contributed by atoms with E-state index in [0.717, 1.165) is 25.9 Å². The van der Waals surface area contributed by atoms with Gasteiger partial charge in [0, 0.05) is 23.6 Å². The molecule has 0 bridgehead atoms. The summed E-state index contributed by atoms with van der Waals surface area (Å²) < 4.78 is 0.938. The fourth-order valence-electron chi connectivity index (χ4n) is 1.38. The van der Waals surface area contributed by atoms with Crippen molar-refractivity contribution in [1.82, 2.24) is 15.2 Å². The van der Waals surface area contributed by atoms with Gasteiger partial charge in [0.15, 0.2) is 5.01 Å². The van der Waals surface area contributed by atoms with Crippen molar-refractivity contribution in [3.05, 3.63) is 21.7 Å². The van der Waals surface area contributed by atoms with Crippen LogP contribution in [0.15, 0.2) is 16.7 Å². The molecular weight excluding hydrogens is 300 g/mol. The Morgan fingerprint density at radius 1 is 1.35 bits per heavy atom. The third kappa shape index (κ3) is 2.63. The third-order valence-corrected chi connectivity index (χ3v) is 3.95. The Hall–Kier alpha value is -1.01. The van der Waals surface area contributed by atoms with Gasteiger partial charge in [-0.25, -0.2) is 4.98 Å². The van der Waals surface area contributed by atoms with Crippen molar-refractivity contribution < 1.29 is 0 Å². The molecule has 0 amide bonds. The van der Waals surface area contributed by atoms with Crippen LogP contribution in [0.3, 0.4) is 0 Å². The van der Waals surface area contributed by atoms with Crippen molar-refractivity contribution in [2.24, 2.45) is 0 Å². The summed E-state index contributed by atoms with van der Waals surface area (Å²) in [5, 5.41) is 13.4. The molecule has 0 aliphatic carbocycles. The Morgan fingerprint density at radius 3 is 2.71 bits per heavy atom. The molecule has 6 heteroatoms. The van der Waals surface area contributed by atoms with Gasteiger partial charge in [0.05, 0.1) is 5.56 Å². The topological polar surface area (TPSA) is 50.7 Å². The summed E-state index contributed by atoms with van der Waals surface area (Å²) in [6, 6.07) is 2.00. The second-order valence-corrected chi connectivity index (χ2v) is 5.82. The highest BCUT2D eigenvalue weighted by atomic mass is 79.9. The van der Waals surface area contributed by atoms with Crippen LogP contribution in [0.25, 0.3) is 10.6 Å². The van der Waals surface area contributed by atoms with Crippen molar-refractivity contribution in [2.45, 2.75) is 19.8 Å². The van der Waals surface area contributed by atoms with E-state index >= 15 is 0 Å². The summed E-state index contributed by atoms with van der Waals surface area (Å²) in [7, 11) is 1.85. The molecule has 0 atom stereocenters. The predicted octanol–water partition coefficient (Wildman–Crippen LogP) is 3.53. The van der Waals surface area contributed by atoms with Crippen LogP contribution in [-0.4, -0.2) is 22.2 Å². The fraction of sp³-hybridized carbons (Fsp3) is 0.364. The largest absolute Gasteiger partial charge is 0.373 e. The normalized spacial score (nSPS) is 10.9. The molecule has 4 nitrogen and oxygen atoms in total. The lowest BCUT2D eigenvalue weighted by Crippen LogP contribution is -1.95. The molecule has 90 valence electrons. The highest BCUT2D eigenvalue weighted by Gasteiger charge is 2.13. The standard InChI is InChI=1S/C11H13BrN4S/c1-6(2)10-15-16-11(17-10)8-4-7(12)5-14-9(8)13-3/h4-6H,1-3H3,(H,13,14). The Balaban J connectivity index is 2.47. The first-order valence-corrected chi connectivity index (χ1v) is 6.90. The van der Waals surface area contributed by atoms with E-state index < -0.39 is 0 Å². The quantitative estimate of drug-likeness (QED) is 0.942. The van der Waals surface area contributed by atoms with E-state index in [4.69, 9.17) is 0 Å². The molecule has 0 unspecified atom stereocenters. The summed E-state index contributed by atoms with van der Waals surface area (Å²) in [4.78, 5) is 4.31. The molecule has 0 spiro atoms. The van der Waals surface area contributed by atoms with Crippen LogP contribution >= 0.6 is 27.3 Å². The molecule has 0 radical (unpaired) electrons. The van der Waals surface area contributed by atoms with Crippen LogP contribution in [0, 0.1) is 0 Å². The highest BCUT2D eigenvalue weighted by Crippen LogP contribution is 2.32. The number of rotatable bonds is 3. The molecule has 2 aromatic heterocycles. The lowest BCUT2D eigenvalue weighted by Gasteiger charge is -2.04. The van der Waals surface area contributed by atoms with Gasteiger partial charge in [-0.05, 0) is 22.0 Å². The summed E-state index contributed by atoms with van der Waals surface area (Å²) in [6.07, 6.45) is 1.76. The molecule has 0 saturated heterocycles. The maximum Gasteiger partial charge on any atom is 0.151 e. The Kier molecular flexibility index (Phi) is 3.73. The molecule has 1 N–H and O–H groups in total. The number of nitrogens with zero attached hydrogens (tertiary/aromatic N) is 3. The number of anilines is 1. The van der Waals surface area contributed by atoms with Crippen molar-refractivity contribution in [3.8, 4) is 10.6 Å². The summed E-state index contributed by atoms with van der Waals surface area (Å²) in [5.41, 5.74) is 0.978. The number of nitrogens with one attached hydrogen (secondary N) is 1. The Bertz CT molecular complexity index is 524. The maximum absolute atomic E-state index is 4.31. The van der Waals surface area contributed by atoms with Crippen LogP contribution in [-0.2, 0) is 0 Å². The van der Waals surface area contributed by atoms with Gasteiger partial charge in [-0.15, -0.1) is 10.2 Å². The van der Waals surface area contributed by atoms with E-state index in [-0.39, 0.29) is 0 Å². The molecule has 0 aliphatic heterocycles. The minimum Gasteiger partial charge on any atom is -0.373 e. The van der Waals surface area contributed by atoms with Crippen molar-refractivity contribution in [1.29, 1.82) is 0 Å². The smallest absolute Gasteiger partial charge is 0.151 e. The number of halogens is 1. The lowest BCUT2D eigenvalue weighted by atomic mass is 10.2. The second kappa shape index (κ2) is 5.10. The van der Waals surface area contributed by atoms with Gasteiger partial charge in [0.25, 0.3) is 0 Å². The van der Waals surface area contributed by atoms with Crippen LogP contribution in [0.4, 0.5) is 5.82 Å². The Labute approximate surface area is 113 Å². The SMILES string of the molecule is CNc1ncc(Br)cc1-c1nnc(C(C)C)s1. The second-order valence-electron chi connectivity index (χ2n) is 3.90. The van der Waals surface area contributed by atoms with Gasteiger partial charge in [0.2, 0.25) is 0 Å². The number of aromatic nitrogens is 3. The van der Waals surface area contributed by atoms with Gasteiger partial charge in [-0.3, -0.25) is 0 Å². The first-order chi connectivity index (χ1) is 8.11. The zero-order valence-electron chi connectivity index (χ0n) is 9.86. The minimum absolute atomic E-state index is 0.402. The van der Waals surface area contributed by atoms with E-state index in [1.54, 1.807) is 17.5 Å². The zero-order valence-corrected chi connectivity index (χ0v) is 12.3. The third-order valence-electron chi connectivity index (χ3n) is 2.26. The summed E-state index contributed by atoms with van der Waals surface area (Å²) in [6.45, 7) is 4.23. The highest BCUT2D eigenvalue weighted by molar-refractivity contribution is 9.10. The van der Waals surface area contributed by atoms with Gasteiger partial charge in [0.1, 0.15) is 10.8 Å². The zero-order chi connectivity index (χ0) is 12.4. The van der Waals surface area contributed by atoms with Crippen LogP contribution in [0.5, 0.6) is 0 Å². The number of pyridine rings is 1. The summed E-state index contributed by atoms with van der Waals surface area (Å²) in [5.74, 6) is 1.22.